The van der Waals surface area contributed by atoms with Crippen molar-refractivity contribution in [2.75, 3.05) is 180 Å². The van der Waals surface area contributed by atoms with Gasteiger partial charge in [0.05, 0.1) is 72.2 Å². The zero-order valence-corrected chi connectivity index (χ0v) is 73.9. The third-order valence-corrected chi connectivity index (χ3v) is 15.7. The van der Waals surface area contributed by atoms with E-state index in [2.05, 4.69) is 62.4 Å². The Morgan fingerprint density at radius 3 is 1.03 bits per heavy atom. The van der Waals surface area contributed by atoms with Gasteiger partial charge >= 0.3 is 52.6 Å². The number of aliphatic hydroxyl groups excluding tert-OH is 5. The number of hydrogen-bond donors (Lipinski definition) is 5. The van der Waals surface area contributed by atoms with Gasteiger partial charge in [0.15, 0.2) is 28.9 Å². The Morgan fingerprint density at radius 1 is 0.440 bits per heavy atom. The summed E-state index contributed by atoms with van der Waals surface area (Å²) in [5, 5.41) is 41.7. The molecule has 4 heterocycles. The average molecular weight is 1750 g/mol. The van der Waals surface area contributed by atoms with Crippen LogP contribution < -0.4 is 70.5 Å². The fourth-order valence-electron chi connectivity index (χ4n) is 9.94. The molecule has 5 N–H and O–H groups in total. The second-order valence-electron chi connectivity index (χ2n) is 23.1. The number of rotatable bonds is 52. The van der Waals surface area contributed by atoms with Crippen LogP contribution in [0.3, 0.4) is 0 Å². The fourth-order valence-corrected chi connectivity index (χ4v) is 10.8. The van der Waals surface area contributed by atoms with Gasteiger partial charge in [-0.3, -0.25) is 11.4 Å². The molecule has 592 valence electrons. The Hall–Kier alpha value is 1.54. The summed E-state index contributed by atoms with van der Waals surface area (Å²) in [5.41, 5.74) is 0. The molecule has 21 nitrogen and oxygen atoms in total. The minimum atomic E-state index is -0.498. The summed E-state index contributed by atoms with van der Waals surface area (Å²) in [6, 6.07) is 0. The van der Waals surface area contributed by atoms with E-state index in [-0.39, 0.29) is 137 Å². The summed E-state index contributed by atoms with van der Waals surface area (Å²) in [7, 11) is 12.1. The molecule has 0 spiro atoms. The largest absolute Gasteiger partial charge is 2.00 e. The van der Waals surface area contributed by atoms with Gasteiger partial charge in [-0.15, -0.1) is 6.58 Å². The van der Waals surface area contributed by atoms with Gasteiger partial charge in [0, 0.05) is 165 Å². The quantitative estimate of drug-likeness (QED) is 0.0110. The topological polar surface area (TPSA) is 257 Å². The van der Waals surface area contributed by atoms with E-state index < -0.39 is 11.6 Å². The van der Waals surface area contributed by atoms with Gasteiger partial charge in [-0.05, 0) is 102 Å². The van der Waals surface area contributed by atoms with Crippen molar-refractivity contribution in [3.05, 3.63) is 51.1 Å². The van der Waals surface area contributed by atoms with Crippen LogP contribution >= 0.6 is 22.6 Å². The van der Waals surface area contributed by atoms with Crippen LogP contribution in [-0.4, -0.2) is 263 Å². The summed E-state index contributed by atoms with van der Waals surface area (Å²) in [5.74, 6) is -1.35. The molecule has 4 rings (SSSR count). The fraction of sp³-hybridized carbons (Fsp3) is 0.878. The van der Waals surface area contributed by atoms with Gasteiger partial charge in [0.2, 0.25) is 0 Å². The molecule has 0 bridgehead atoms. The van der Waals surface area contributed by atoms with E-state index in [1.54, 1.807) is 61.9 Å². The Bertz CT molecular complexity index is 1470. The first-order chi connectivity index (χ1) is 46.8. The third-order valence-electron chi connectivity index (χ3n) is 15.2. The number of aliphatic hydroxyl groups is 5. The Labute approximate surface area is 689 Å². The van der Waals surface area contributed by atoms with Crippen molar-refractivity contribution in [1.29, 1.82) is 0 Å². The molecule has 0 aromatic rings. The van der Waals surface area contributed by atoms with Gasteiger partial charge in [0.1, 0.15) is 0 Å². The second-order valence-corrected chi connectivity index (χ2v) is 24.2. The molecule has 4 aliphatic heterocycles. The minimum absolute atomic E-state index is 0. The normalized spacial score (nSPS) is 15.3. The van der Waals surface area contributed by atoms with Gasteiger partial charge < -0.3 is 144 Å². The van der Waals surface area contributed by atoms with E-state index in [9.17, 15) is 4.79 Å². The predicted molar refractivity (Wildman–Crippen MR) is 400 cm³/mol. The van der Waals surface area contributed by atoms with E-state index in [4.69, 9.17) is 96.6 Å². The molecule has 0 aliphatic carbocycles. The number of alkyl halides is 1. The van der Waals surface area contributed by atoms with Crippen LogP contribution in [0.4, 0.5) is 0 Å². The molecule has 1 unspecified atom stereocenters. The van der Waals surface area contributed by atoms with Crippen molar-refractivity contribution in [3.8, 4) is 0 Å². The molecule has 0 radical (unpaired) electrons. The molecule has 4 fully saturated rings. The van der Waals surface area contributed by atoms with Gasteiger partial charge in [-0.25, -0.2) is 0 Å². The van der Waals surface area contributed by atoms with Crippen molar-refractivity contribution in [3.63, 3.8) is 0 Å². The number of hydrogen-bond acceptors (Lipinski definition) is 21. The first-order valence-electron chi connectivity index (χ1n) is 35.8. The maximum atomic E-state index is 10.7. The number of ketones is 1. The van der Waals surface area contributed by atoms with Crippen LogP contribution in [0, 0.1) is 6.58 Å². The molecule has 1 atom stereocenters. The summed E-state index contributed by atoms with van der Waals surface area (Å²) < 4.78 is 80.9. The van der Waals surface area contributed by atoms with E-state index in [1.165, 1.54) is 38.2 Å². The second kappa shape index (κ2) is 96.6. The number of methoxy groups -OCH3 is 7. The molecular formula is C74H146BrI2MgNaO21. The first kappa shape index (κ1) is 120. The van der Waals surface area contributed by atoms with E-state index in [1.807, 2.05) is 0 Å². The zero-order chi connectivity index (χ0) is 72.7. The summed E-state index contributed by atoms with van der Waals surface area (Å²) in [6.07, 6.45) is 37.7. The Morgan fingerprint density at radius 2 is 0.740 bits per heavy atom. The van der Waals surface area contributed by atoms with Crippen molar-refractivity contribution >= 4 is 51.4 Å². The van der Waals surface area contributed by atoms with Crippen LogP contribution in [0.15, 0.2) is 44.5 Å². The van der Waals surface area contributed by atoms with Crippen LogP contribution in [0.5, 0.6) is 0 Å². The summed E-state index contributed by atoms with van der Waals surface area (Å²) in [6.45, 7) is 31.6. The predicted octanol–water partition coefficient (Wildman–Crippen LogP) is 4.02. The summed E-state index contributed by atoms with van der Waals surface area (Å²) in [4.78, 5) is 10.7. The number of allylic oxidation sites excluding steroid dienone is 1. The average Bonchev–Trinajstić information content (AvgIpc) is 1.76. The number of carbonyl (C=O) groups is 1. The minimum Gasteiger partial charge on any atom is -1.00 e. The van der Waals surface area contributed by atoms with Crippen LogP contribution in [0.1, 0.15) is 212 Å². The van der Waals surface area contributed by atoms with Crippen LogP contribution in [0.2, 0.25) is 0 Å². The van der Waals surface area contributed by atoms with Crippen molar-refractivity contribution in [2.24, 2.45) is 0 Å². The maximum Gasteiger partial charge on any atom is 2.00 e. The van der Waals surface area contributed by atoms with Crippen molar-refractivity contribution in [2.45, 2.75) is 242 Å². The maximum absolute atomic E-state index is 10.7. The molecule has 100 heavy (non-hydrogen) atoms. The number of carbonyl (C=O) groups excluding carboxylic acids is 1. The smallest absolute Gasteiger partial charge is 1.00 e. The number of unbranched alkanes of at least 4 members (excludes halogenated alkanes) is 15. The Balaban J connectivity index is -0.000000136. The van der Waals surface area contributed by atoms with Crippen molar-refractivity contribution in [1.82, 2.24) is 0 Å². The van der Waals surface area contributed by atoms with Crippen LogP contribution in [0.25, 0.3) is 0 Å². The van der Waals surface area contributed by atoms with Crippen LogP contribution in [-0.2, 0) is 75.8 Å². The molecule has 4 aliphatic rings. The first-order valence-corrected chi connectivity index (χ1v) is 37.3. The van der Waals surface area contributed by atoms with Gasteiger partial charge in [0.25, 0.3) is 0 Å². The van der Waals surface area contributed by atoms with Gasteiger partial charge in [-0.2, -0.15) is 0 Å². The Kier molecular flexibility index (Phi) is 116. The molecule has 0 amide bonds. The van der Waals surface area contributed by atoms with E-state index >= 15 is 0 Å². The summed E-state index contributed by atoms with van der Waals surface area (Å²) >= 11 is 2.38. The molecule has 26 heteroatoms. The third kappa shape index (κ3) is 80.5. The molecule has 0 saturated carbocycles. The monoisotopic (exact) mass is 1750 g/mol. The molecule has 0 aromatic carbocycles. The SMILES string of the molecule is C=CC(=O)CCCCCOC.C=CC(O)CCCCCOC.C=CC1(CCCCCOC)OCCO1.CCCC1(CCCCCOC)OCCO1.COCCCCCC1(CCI)OCCO1.COCCCCCC1(CCO)OCCO1.COCCCCCCO.OCCO.[Br-].[CH-]=C.[I-].[Mg+2].[Na+]. The molecule has 4 saturated heterocycles. The standard InChI is InChI=1S/C12H24O3.C11H21IO3.C11H22O4.C11H20O3.C9H18O2.C9H16O2.C7H16O2.C2H6O2.C2H3.BrH.HI.Mg.Na/c1-3-7-12(14-10-11-15-12)8-5-4-6-9-13-2;2*1-13-8-4-2-3-5-11(6-7-12)14-9-10-15-11;1-3-11(13-9-10-14-11)7-5-4-6-8-12-2;2*1-3-9(10)7-5-4-6-8-11-2;1-9-7-5-3-2-4-6-8;3-1-2-4;1-2;;;;/h3-11H2,1-2H3;2-10H2,1H3;12H,2-10H2,1H3;3H,1,4-10H2,2H3;3,9-10H,1,4-8H2,2H3;3H,1,4-8H2,2H3;8H,2-7H2,1H3;3-4H,1-2H2;1H,2H2;2*1H;;/q;;;;;;;;-1;;;+2;+1/p-2. The van der Waals surface area contributed by atoms with Crippen molar-refractivity contribution < 1.29 is 172 Å². The molecule has 0 aromatic heterocycles. The number of ether oxygens (including phenoxy) is 15. The van der Waals surface area contributed by atoms with Gasteiger partial charge in [-0.1, -0.05) is 113 Å². The van der Waals surface area contributed by atoms with E-state index in [0.717, 1.165) is 238 Å². The van der Waals surface area contributed by atoms with E-state index in [0.29, 0.717) is 45.9 Å². The molecular weight excluding hydrogens is 1610 g/mol. The number of halogens is 3. The zero-order valence-electron chi connectivity index (χ0n) is 64.6.